The first-order valence-electron chi connectivity index (χ1n) is 7.28. The first-order valence-corrected chi connectivity index (χ1v) is 7.28. The molecule has 3 rings (SSSR count). The van der Waals surface area contributed by atoms with Crippen LogP contribution in [-0.2, 0) is 6.18 Å². The maximum atomic E-state index is 14.1. The highest BCUT2D eigenvalue weighted by Crippen LogP contribution is 2.33. The first kappa shape index (κ1) is 16.7. The van der Waals surface area contributed by atoms with Gasteiger partial charge in [-0.05, 0) is 19.2 Å². The molecule has 1 aromatic carbocycles. The molecule has 0 bridgehead atoms. The van der Waals surface area contributed by atoms with Crippen LogP contribution in [0.25, 0.3) is 11.0 Å². The first-order chi connectivity index (χ1) is 11.3. The van der Waals surface area contributed by atoms with Gasteiger partial charge in [0.2, 0.25) is 0 Å². The molecule has 1 aliphatic heterocycles. The molecular formula is C14H16F4N6. The Morgan fingerprint density at radius 3 is 2.38 bits per heavy atom. The molecule has 6 nitrogen and oxygen atoms in total. The zero-order chi connectivity index (χ0) is 17.5. The van der Waals surface area contributed by atoms with E-state index in [1.165, 1.54) is 0 Å². The Balaban J connectivity index is 2.10. The van der Waals surface area contributed by atoms with Crippen LogP contribution in [0.15, 0.2) is 12.1 Å². The predicted octanol–water partition coefficient (Wildman–Crippen LogP) is 1.83. The number of hydrazine groups is 1. The van der Waals surface area contributed by atoms with E-state index < -0.39 is 17.6 Å². The van der Waals surface area contributed by atoms with Crippen molar-refractivity contribution in [3.8, 4) is 0 Å². The van der Waals surface area contributed by atoms with Gasteiger partial charge in [0.1, 0.15) is 5.52 Å². The van der Waals surface area contributed by atoms with Crippen molar-refractivity contribution in [1.29, 1.82) is 0 Å². The highest BCUT2D eigenvalue weighted by atomic mass is 19.4. The van der Waals surface area contributed by atoms with Crippen LogP contribution in [0.3, 0.4) is 0 Å². The van der Waals surface area contributed by atoms with Gasteiger partial charge in [0.15, 0.2) is 17.5 Å². The van der Waals surface area contributed by atoms with Gasteiger partial charge in [0.25, 0.3) is 0 Å². The number of nitrogens with one attached hydrogen (secondary N) is 1. The molecule has 2 aromatic rings. The van der Waals surface area contributed by atoms with Gasteiger partial charge in [-0.3, -0.25) is 0 Å². The number of alkyl halides is 3. The van der Waals surface area contributed by atoms with Gasteiger partial charge in [-0.2, -0.15) is 13.2 Å². The highest BCUT2D eigenvalue weighted by molar-refractivity contribution is 5.81. The van der Waals surface area contributed by atoms with Crippen molar-refractivity contribution in [2.75, 3.05) is 43.6 Å². The number of likely N-dealkylation sites (N-methyl/N-ethyl adjacent to an activating group) is 1. The molecule has 0 radical (unpaired) electrons. The summed E-state index contributed by atoms with van der Waals surface area (Å²) in [6.45, 7) is 2.82. The summed E-state index contributed by atoms with van der Waals surface area (Å²) in [7, 11) is 1.98. The molecule has 1 fully saturated rings. The third-order valence-electron chi connectivity index (χ3n) is 3.97. The summed E-state index contributed by atoms with van der Waals surface area (Å²) < 4.78 is 52.6. The van der Waals surface area contributed by atoms with E-state index in [0.29, 0.717) is 25.0 Å². The number of benzene rings is 1. The molecular weight excluding hydrogens is 328 g/mol. The Hall–Kier alpha value is -2.20. The number of aromatic nitrogens is 2. The van der Waals surface area contributed by atoms with E-state index in [-0.39, 0.29) is 16.9 Å². The number of nitrogens with two attached hydrogens (primary N) is 1. The van der Waals surface area contributed by atoms with E-state index >= 15 is 0 Å². The number of hydrogen-bond donors (Lipinski definition) is 2. The normalized spacial score (nSPS) is 16.7. The highest BCUT2D eigenvalue weighted by Gasteiger charge is 2.32. The standard InChI is InChI=1S/C14H16F4N6/c1-23-2-4-24(5-3-23)13-12(22-19)20-10-7-8(14(16,17)18)6-9(15)11(10)21-13/h6-7H,2-5,19H2,1H3,(H,20,22). The van der Waals surface area contributed by atoms with Gasteiger partial charge in [-0.25, -0.2) is 20.2 Å². The molecule has 0 unspecified atom stereocenters. The molecule has 1 saturated heterocycles. The van der Waals surface area contributed by atoms with E-state index in [1.54, 1.807) is 0 Å². The van der Waals surface area contributed by atoms with Crippen LogP contribution >= 0.6 is 0 Å². The van der Waals surface area contributed by atoms with E-state index in [0.717, 1.165) is 19.2 Å². The summed E-state index contributed by atoms with van der Waals surface area (Å²) in [6.07, 6.45) is -4.66. The largest absolute Gasteiger partial charge is 0.416 e. The number of piperazine rings is 1. The Morgan fingerprint density at radius 1 is 1.12 bits per heavy atom. The molecule has 3 N–H and O–H groups in total. The lowest BCUT2D eigenvalue weighted by Gasteiger charge is -2.33. The lowest BCUT2D eigenvalue weighted by molar-refractivity contribution is -0.137. The predicted molar refractivity (Wildman–Crippen MR) is 82.0 cm³/mol. The smallest absolute Gasteiger partial charge is 0.351 e. The molecule has 0 saturated carbocycles. The minimum absolute atomic E-state index is 0.116. The minimum Gasteiger partial charge on any atom is -0.351 e. The average Bonchev–Trinajstić information content (AvgIpc) is 2.53. The number of nitrogens with zero attached hydrogens (tertiary/aromatic N) is 4. The van der Waals surface area contributed by atoms with Gasteiger partial charge in [0.05, 0.1) is 11.1 Å². The lowest BCUT2D eigenvalue weighted by atomic mass is 10.1. The average molecular weight is 344 g/mol. The number of fused-ring (bicyclic) bond motifs is 1. The second-order valence-corrected chi connectivity index (χ2v) is 5.65. The quantitative estimate of drug-likeness (QED) is 0.492. The van der Waals surface area contributed by atoms with Gasteiger partial charge in [-0.1, -0.05) is 0 Å². The Labute approximate surface area is 135 Å². The summed E-state index contributed by atoms with van der Waals surface area (Å²) in [6, 6.07) is 1.19. The van der Waals surface area contributed by atoms with Crippen LogP contribution in [0.1, 0.15) is 5.56 Å². The van der Waals surface area contributed by atoms with E-state index in [4.69, 9.17) is 5.84 Å². The molecule has 1 aliphatic rings. The molecule has 0 aliphatic carbocycles. The van der Waals surface area contributed by atoms with Crippen LogP contribution in [0.2, 0.25) is 0 Å². The Morgan fingerprint density at radius 2 is 1.79 bits per heavy atom. The van der Waals surface area contributed by atoms with Gasteiger partial charge >= 0.3 is 6.18 Å². The lowest BCUT2D eigenvalue weighted by Crippen LogP contribution is -2.45. The van der Waals surface area contributed by atoms with Gasteiger partial charge in [-0.15, -0.1) is 0 Å². The number of rotatable bonds is 2. The number of halogens is 4. The fraction of sp³-hybridized carbons (Fsp3) is 0.429. The number of hydrogen-bond acceptors (Lipinski definition) is 6. The zero-order valence-electron chi connectivity index (χ0n) is 12.9. The maximum absolute atomic E-state index is 14.1. The Kier molecular flexibility index (Phi) is 4.18. The number of anilines is 2. The fourth-order valence-corrected chi connectivity index (χ4v) is 2.61. The van der Waals surface area contributed by atoms with Gasteiger partial charge < -0.3 is 15.2 Å². The van der Waals surface area contributed by atoms with E-state index in [9.17, 15) is 17.6 Å². The summed E-state index contributed by atoms with van der Waals surface area (Å²) in [4.78, 5) is 12.2. The summed E-state index contributed by atoms with van der Waals surface area (Å²) >= 11 is 0. The second kappa shape index (κ2) is 6.02. The van der Waals surface area contributed by atoms with Crippen LogP contribution in [0, 0.1) is 5.82 Å². The molecule has 10 heteroatoms. The molecule has 2 heterocycles. The van der Waals surface area contributed by atoms with Crippen LogP contribution < -0.4 is 16.2 Å². The molecule has 0 amide bonds. The third-order valence-corrected chi connectivity index (χ3v) is 3.97. The van der Waals surface area contributed by atoms with Crippen molar-refractivity contribution in [2.24, 2.45) is 5.84 Å². The number of nitrogen functional groups attached to an aromatic ring is 1. The van der Waals surface area contributed by atoms with Crippen molar-refractivity contribution < 1.29 is 17.6 Å². The van der Waals surface area contributed by atoms with Crippen molar-refractivity contribution >= 4 is 22.7 Å². The summed E-state index contributed by atoms with van der Waals surface area (Å²) in [5.74, 6) is 4.82. The monoisotopic (exact) mass is 344 g/mol. The second-order valence-electron chi connectivity index (χ2n) is 5.65. The van der Waals surface area contributed by atoms with Crippen LogP contribution in [-0.4, -0.2) is 48.1 Å². The van der Waals surface area contributed by atoms with Crippen molar-refractivity contribution in [3.05, 3.63) is 23.5 Å². The minimum atomic E-state index is -4.66. The molecule has 24 heavy (non-hydrogen) atoms. The van der Waals surface area contributed by atoms with E-state index in [1.807, 2.05) is 11.9 Å². The van der Waals surface area contributed by atoms with Crippen LogP contribution in [0.4, 0.5) is 29.2 Å². The molecule has 0 spiro atoms. The van der Waals surface area contributed by atoms with Crippen LogP contribution in [0.5, 0.6) is 0 Å². The summed E-state index contributed by atoms with van der Waals surface area (Å²) in [5.41, 5.74) is 0.815. The topological polar surface area (TPSA) is 70.3 Å². The zero-order valence-corrected chi connectivity index (χ0v) is 12.9. The van der Waals surface area contributed by atoms with E-state index in [2.05, 4.69) is 20.3 Å². The fourth-order valence-electron chi connectivity index (χ4n) is 2.61. The molecule has 0 atom stereocenters. The molecule has 130 valence electrons. The Bertz CT molecular complexity index is 755. The maximum Gasteiger partial charge on any atom is 0.416 e. The van der Waals surface area contributed by atoms with Crippen molar-refractivity contribution in [3.63, 3.8) is 0 Å². The van der Waals surface area contributed by atoms with Gasteiger partial charge in [0, 0.05) is 26.2 Å². The van der Waals surface area contributed by atoms with Crippen molar-refractivity contribution in [2.45, 2.75) is 6.18 Å². The SMILES string of the molecule is CN1CCN(c2nc3c(F)cc(C(F)(F)F)cc3nc2NN)CC1. The van der Waals surface area contributed by atoms with Crippen molar-refractivity contribution in [1.82, 2.24) is 14.9 Å². The third kappa shape index (κ3) is 3.06. The molecule has 1 aromatic heterocycles. The summed E-state index contributed by atoms with van der Waals surface area (Å²) in [5, 5.41) is 0.